The van der Waals surface area contributed by atoms with Crippen molar-refractivity contribution in [3.05, 3.63) is 70.5 Å². The fraction of sp³-hybridized carbons (Fsp3) is 0.133. The van der Waals surface area contributed by atoms with Gasteiger partial charge in [0.25, 0.3) is 5.91 Å². The zero-order valence-corrected chi connectivity index (χ0v) is 11.1. The molecule has 0 bridgehead atoms. The van der Waals surface area contributed by atoms with Gasteiger partial charge in [-0.25, -0.2) is 4.39 Å². The van der Waals surface area contributed by atoms with Crippen LogP contribution in [-0.2, 0) is 0 Å². The summed E-state index contributed by atoms with van der Waals surface area (Å²) in [6.07, 6.45) is 0. The number of benzene rings is 2. The standard InChI is InChI=1S/C15H13ClFNO/c1-10(11-5-3-2-4-6-11)18-15(19)13-8-7-12(16)9-14(13)17/h2-10H,1H3,(H,18,19)/t10-/m1/s1. The average molecular weight is 278 g/mol. The van der Waals surface area contributed by atoms with Gasteiger partial charge in [-0.2, -0.15) is 0 Å². The van der Waals surface area contributed by atoms with Crippen molar-refractivity contribution in [1.29, 1.82) is 0 Å². The van der Waals surface area contributed by atoms with Gasteiger partial charge in [-0.1, -0.05) is 41.9 Å². The van der Waals surface area contributed by atoms with E-state index in [2.05, 4.69) is 5.32 Å². The third-order valence-corrected chi connectivity index (χ3v) is 3.06. The summed E-state index contributed by atoms with van der Waals surface area (Å²) in [6, 6.07) is 13.3. The minimum Gasteiger partial charge on any atom is -0.345 e. The molecule has 0 aliphatic carbocycles. The molecule has 0 fully saturated rings. The minimum atomic E-state index is -0.620. The summed E-state index contributed by atoms with van der Waals surface area (Å²) in [5.41, 5.74) is 0.956. The normalized spacial score (nSPS) is 11.9. The molecule has 4 heteroatoms. The molecular formula is C15H13ClFNO. The first kappa shape index (κ1) is 13.6. The quantitative estimate of drug-likeness (QED) is 0.904. The van der Waals surface area contributed by atoms with Crippen LogP contribution in [0.3, 0.4) is 0 Å². The van der Waals surface area contributed by atoms with Crippen molar-refractivity contribution in [2.24, 2.45) is 0 Å². The molecule has 2 aromatic rings. The van der Waals surface area contributed by atoms with Crippen molar-refractivity contribution >= 4 is 17.5 Å². The van der Waals surface area contributed by atoms with E-state index in [1.54, 1.807) is 0 Å². The monoisotopic (exact) mass is 277 g/mol. The molecule has 0 aliphatic heterocycles. The largest absolute Gasteiger partial charge is 0.345 e. The number of hydrogen-bond acceptors (Lipinski definition) is 1. The molecule has 0 aromatic heterocycles. The molecule has 1 amide bonds. The van der Waals surface area contributed by atoms with Gasteiger partial charge in [0.1, 0.15) is 5.82 Å². The summed E-state index contributed by atoms with van der Waals surface area (Å²) < 4.78 is 13.6. The van der Waals surface area contributed by atoms with E-state index in [-0.39, 0.29) is 16.6 Å². The van der Waals surface area contributed by atoms with Gasteiger partial charge in [0.15, 0.2) is 0 Å². The minimum absolute atomic E-state index is 0.00724. The molecule has 19 heavy (non-hydrogen) atoms. The van der Waals surface area contributed by atoms with Gasteiger partial charge in [0.2, 0.25) is 0 Å². The van der Waals surface area contributed by atoms with Crippen molar-refractivity contribution in [2.75, 3.05) is 0 Å². The van der Waals surface area contributed by atoms with Crippen LogP contribution in [0.2, 0.25) is 5.02 Å². The van der Waals surface area contributed by atoms with Crippen LogP contribution in [0.5, 0.6) is 0 Å². The molecule has 2 nitrogen and oxygen atoms in total. The Morgan fingerprint density at radius 3 is 2.53 bits per heavy atom. The highest BCUT2D eigenvalue weighted by Crippen LogP contribution is 2.17. The number of rotatable bonds is 3. The van der Waals surface area contributed by atoms with Crippen LogP contribution < -0.4 is 5.32 Å². The second kappa shape index (κ2) is 5.85. The number of halogens is 2. The molecule has 1 atom stereocenters. The second-order valence-electron chi connectivity index (χ2n) is 4.23. The van der Waals surface area contributed by atoms with Crippen molar-refractivity contribution in [3.8, 4) is 0 Å². The number of nitrogens with one attached hydrogen (secondary N) is 1. The zero-order valence-electron chi connectivity index (χ0n) is 10.4. The van der Waals surface area contributed by atoms with Crippen LogP contribution in [0.4, 0.5) is 4.39 Å². The molecule has 0 saturated carbocycles. The van der Waals surface area contributed by atoms with E-state index < -0.39 is 11.7 Å². The lowest BCUT2D eigenvalue weighted by Crippen LogP contribution is -2.27. The van der Waals surface area contributed by atoms with Crippen molar-refractivity contribution in [2.45, 2.75) is 13.0 Å². The van der Waals surface area contributed by atoms with Crippen LogP contribution in [0, 0.1) is 5.82 Å². The Labute approximate surface area is 116 Å². The highest BCUT2D eigenvalue weighted by Gasteiger charge is 2.15. The topological polar surface area (TPSA) is 29.1 Å². The molecule has 0 aliphatic rings. The van der Waals surface area contributed by atoms with Gasteiger partial charge >= 0.3 is 0 Å². The second-order valence-corrected chi connectivity index (χ2v) is 4.67. The Balaban J connectivity index is 2.13. The number of amides is 1. The van der Waals surface area contributed by atoms with Crippen LogP contribution in [0.25, 0.3) is 0 Å². The number of hydrogen-bond donors (Lipinski definition) is 1. The summed E-state index contributed by atoms with van der Waals surface area (Å²) in [5, 5.41) is 3.02. The van der Waals surface area contributed by atoms with Gasteiger partial charge in [0.05, 0.1) is 11.6 Å². The maximum Gasteiger partial charge on any atom is 0.254 e. The van der Waals surface area contributed by atoms with E-state index in [1.165, 1.54) is 12.1 Å². The summed E-state index contributed by atoms with van der Waals surface area (Å²) in [6.45, 7) is 1.85. The third-order valence-electron chi connectivity index (χ3n) is 2.82. The Morgan fingerprint density at radius 1 is 1.21 bits per heavy atom. The Bertz CT molecular complexity index is 586. The lowest BCUT2D eigenvalue weighted by atomic mass is 10.1. The molecule has 0 radical (unpaired) electrons. The molecule has 1 N–H and O–H groups in total. The van der Waals surface area contributed by atoms with Gasteiger partial charge in [0, 0.05) is 5.02 Å². The molecule has 2 rings (SSSR count). The first-order chi connectivity index (χ1) is 9.08. The molecule has 2 aromatic carbocycles. The van der Waals surface area contributed by atoms with Crippen LogP contribution >= 0.6 is 11.6 Å². The van der Waals surface area contributed by atoms with Gasteiger partial charge in [-0.3, -0.25) is 4.79 Å². The zero-order chi connectivity index (χ0) is 13.8. The SMILES string of the molecule is C[C@@H](NC(=O)c1ccc(Cl)cc1F)c1ccccc1. The summed E-state index contributed by atoms with van der Waals surface area (Å²) in [5.74, 6) is -1.07. The van der Waals surface area contributed by atoms with Gasteiger partial charge < -0.3 is 5.32 Å². The van der Waals surface area contributed by atoms with E-state index in [0.717, 1.165) is 11.6 Å². The lowest BCUT2D eigenvalue weighted by molar-refractivity contribution is 0.0936. The lowest BCUT2D eigenvalue weighted by Gasteiger charge is -2.14. The Hall–Kier alpha value is -1.87. The molecule has 98 valence electrons. The van der Waals surface area contributed by atoms with E-state index >= 15 is 0 Å². The van der Waals surface area contributed by atoms with Crippen LogP contribution in [-0.4, -0.2) is 5.91 Å². The van der Waals surface area contributed by atoms with Crippen LogP contribution in [0.1, 0.15) is 28.9 Å². The first-order valence-electron chi connectivity index (χ1n) is 5.89. The predicted molar refractivity (Wildman–Crippen MR) is 73.7 cm³/mol. The number of carbonyl (C=O) groups is 1. The molecular weight excluding hydrogens is 265 g/mol. The molecule has 0 saturated heterocycles. The smallest absolute Gasteiger partial charge is 0.254 e. The average Bonchev–Trinajstić information content (AvgIpc) is 2.39. The van der Waals surface area contributed by atoms with Gasteiger partial charge in [-0.15, -0.1) is 0 Å². The van der Waals surface area contributed by atoms with E-state index in [1.807, 2.05) is 37.3 Å². The maximum atomic E-state index is 13.6. The summed E-state index contributed by atoms with van der Waals surface area (Å²) in [4.78, 5) is 12.0. The summed E-state index contributed by atoms with van der Waals surface area (Å²) in [7, 11) is 0. The highest BCUT2D eigenvalue weighted by molar-refractivity contribution is 6.30. The fourth-order valence-electron chi connectivity index (χ4n) is 1.77. The maximum absolute atomic E-state index is 13.6. The predicted octanol–water partition coefficient (Wildman–Crippen LogP) is 3.97. The molecule has 0 spiro atoms. The molecule has 0 unspecified atom stereocenters. The van der Waals surface area contributed by atoms with Crippen molar-refractivity contribution in [3.63, 3.8) is 0 Å². The molecule has 0 heterocycles. The Morgan fingerprint density at radius 2 is 1.89 bits per heavy atom. The van der Waals surface area contributed by atoms with Gasteiger partial charge in [-0.05, 0) is 30.7 Å². The van der Waals surface area contributed by atoms with E-state index in [4.69, 9.17) is 11.6 Å². The van der Waals surface area contributed by atoms with E-state index in [0.29, 0.717) is 0 Å². The fourth-order valence-corrected chi connectivity index (χ4v) is 1.93. The first-order valence-corrected chi connectivity index (χ1v) is 6.26. The van der Waals surface area contributed by atoms with Crippen molar-refractivity contribution in [1.82, 2.24) is 5.32 Å². The number of carbonyl (C=O) groups excluding carboxylic acids is 1. The van der Waals surface area contributed by atoms with Crippen molar-refractivity contribution < 1.29 is 9.18 Å². The third kappa shape index (κ3) is 3.32. The Kier molecular flexibility index (Phi) is 4.17. The van der Waals surface area contributed by atoms with Crippen LogP contribution in [0.15, 0.2) is 48.5 Å². The summed E-state index contributed by atoms with van der Waals surface area (Å²) >= 11 is 5.65. The highest BCUT2D eigenvalue weighted by atomic mass is 35.5. The van der Waals surface area contributed by atoms with E-state index in [9.17, 15) is 9.18 Å².